The van der Waals surface area contributed by atoms with E-state index in [4.69, 9.17) is 16.3 Å². The molecule has 0 amide bonds. The van der Waals surface area contributed by atoms with Crippen molar-refractivity contribution < 1.29 is 9.13 Å². The Hall–Kier alpha value is -1.62. The maximum Gasteiger partial charge on any atom is 0.320 e. The van der Waals surface area contributed by atoms with Crippen LogP contribution in [0.25, 0.3) is 0 Å². The van der Waals surface area contributed by atoms with E-state index in [1.54, 1.807) is 24.3 Å². The van der Waals surface area contributed by atoms with E-state index in [-0.39, 0.29) is 12.6 Å². The zero-order valence-corrected chi connectivity index (χ0v) is 9.06. The van der Waals surface area contributed by atoms with Crippen molar-refractivity contribution in [3.05, 3.63) is 35.6 Å². The van der Waals surface area contributed by atoms with Crippen molar-refractivity contribution in [2.75, 3.05) is 6.67 Å². The van der Waals surface area contributed by atoms with Gasteiger partial charge in [0.05, 0.1) is 6.54 Å². The Kier molecular flexibility index (Phi) is 3.36. The second kappa shape index (κ2) is 4.94. The van der Waals surface area contributed by atoms with Crippen LogP contribution in [0.3, 0.4) is 0 Å². The molecule has 16 heavy (non-hydrogen) atoms. The van der Waals surface area contributed by atoms with E-state index in [1.165, 1.54) is 11.0 Å². The summed E-state index contributed by atoms with van der Waals surface area (Å²) >= 11 is 5.80. The monoisotopic (exact) mass is 241 g/mol. The van der Waals surface area contributed by atoms with E-state index in [9.17, 15) is 4.39 Å². The third-order valence-corrected chi connectivity index (χ3v) is 2.12. The molecule has 6 heteroatoms. The van der Waals surface area contributed by atoms with Crippen LogP contribution >= 0.6 is 11.6 Å². The number of halogens is 2. The number of nitrogens with zero attached hydrogens (tertiary/aromatic N) is 3. The van der Waals surface area contributed by atoms with Gasteiger partial charge in [0.2, 0.25) is 0 Å². The molecule has 0 aliphatic rings. The van der Waals surface area contributed by atoms with Crippen LogP contribution in [0, 0.1) is 0 Å². The summed E-state index contributed by atoms with van der Waals surface area (Å²) in [5.74, 6) is 0.542. The van der Waals surface area contributed by atoms with E-state index in [1.807, 2.05) is 0 Å². The smallest absolute Gasteiger partial charge is 0.320 e. The molecular formula is C10H9ClFN3O. The first-order valence-electron chi connectivity index (χ1n) is 4.67. The Labute approximate surface area is 96.6 Å². The highest BCUT2D eigenvalue weighted by atomic mass is 35.5. The Morgan fingerprint density at radius 3 is 3.06 bits per heavy atom. The highest BCUT2D eigenvalue weighted by Gasteiger charge is 2.06. The van der Waals surface area contributed by atoms with Gasteiger partial charge in [-0.15, -0.1) is 0 Å². The fraction of sp³-hybridized carbons (Fsp3) is 0.200. The van der Waals surface area contributed by atoms with Gasteiger partial charge in [-0.3, -0.25) is 0 Å². The molecule has 0 saturated carbocycles. The fourth-order valence-corrected chi connectivity index (χ4v) is 1.38. The summed E-state index contributed by atoms with van der Waals surface area (Å²) in [5, 5.41) is 4.40. The number of aromatic nitrogens is 3. The molecule has 0 spiro atoms. The van der Waals surface area contributed by atoms with Crippen LogP contribution in [-0.2, 0) is 6.54 Å². The SMILES string of the molecule is FCCn1ncnc1Oc1cccc(Cl)c1. The van der Waals surface area contributed by atoms with Gasteiger partial charge in [0.15, 0.2) is 0 Å². The third kappa shape index (κ3) is 2.49. The van der Waals surface area contributed by atoms with Crippen LogP contribution in [0.1, 0.15) is 0 Å². The molecule has 0 fully saturated rings. The van der Waals surface area contributed by atoms with Crippen molar-refractivity contribution in [2.24, 2.45) is 0 Å². The van der Waals surface area contributed by atoms with E-state index >= 15 is 0 Å². The van der Waals surface area contributed by atoms with E-state index in [0.29, 0.717) is 10.8 Å². The maximum absolute atomic E-state index is 12.2. The topological polar surface area (TPSA) is 39.9 Å². The fourth-order valence-electron chi connectivity index (χ4n) is 1.20. The van der Waals surface area contributed by atoms with Crippen molar-refractivity contribution in [2.45, 2.75) is 6.54 Å². The molecule has 0 saturated heterocycles. The molecule has 0 radical (unpaired) electrons. The van der Waals surface area contributed by atoms with Gasteiger partial charge in [-0.1, -0.05) is 17.7 Å². The van der Waals surface area contributed by atoms with Crippen molar-refractivity contribution in [1.82, 2.24) is 14.8 Å². The number of rotatable bonds is 4. The lowest BCUT2D eigenvalue weighted by atomic mass is 10.3. The molecular weight excluding hydrogens is 233 g/mol. The minimum Gasteiger partial charge on any atom is -0.424 e. The molecule has 0 atom stereocenters. The number of alkyl halides is 1. The summed E-state index contributed by atoms with van der Waals surface area (Å²) in [5.41, 5.74) is 0. The minimum atomic E-state index is -0.519. The molecule has 0 aliphatic heterocycles. The van der Waals surface area contributed by atoms with Gasteiger partial charge in [0.1, 0.15) is 18.8 Å². The van der Waals surface area contributed by atoms with Gasteiger partial charge in [-0.2, -0.15) is 10.1 Å². The van der Waals surface area contributed by atoms with Crippen molar-refractivity contribution in [3.63, 3.8) is 0 Å². The average molecular weight is 242 g/mol. The molecule has 4 nitrogen and oxygen atoms in total. The largest absolute Gasteiger partial charge is 0.424 e. The molecule has 2 rings (SSSR count). The first-order valence-corrected chi connectivity index (χ1v) is 5.04. The van der Waals surface area contributed by atoms with Gasteiger partial charge in [-0.25, -0.2) is 9.07 Å². The predicted molar refractivity (Wildman–Crippen MR) is 57.5 cm³/mol. The Morgan fingerprint density at radius 1 is 1.44 bits per heavy atom. The lowest BCUT2D eigenvalue weighted by Gasteiger charge is -2.05. The first kappa shape index (κ1) is 10.9. The van der Waals surface area contributed by atoms with E-state index < -0.39 is 6.67 Å². The second-order valence-electron chi connectivity index (χ2n) is 3.01. The zero-order valence-electron chi connectivity index (χ0n) is 8.31. The molecule has 84 valence electrons. The highest BCUT2D eigenvalue weighted by molar-refractivity contribution is 6.30. The van der Waals surface area contributed by atoms with Crippen LogP contribution in [0.4, 0.5) is 4.39 Å². The van der Waals surface area contributed by atoms with Crippen LogP contribution in [0.2, 0.25) is 5.02 Å². The number of aryl methyl sites for hydroxylation is 1. The summed E-state index contributed by atoms with van der Waals surface area (Å²) in [6.45, 7) is -0.398. The summed E-state index contributed by atoms with van der Waals surface area (Å²) in [6.07, 6.45) is 1.32. The van der Waals surface area contributed by atoms with E-state index in [2.05, 4.69) is 10.1 Å². The molecule has 0 aliphatic carbocycles. The Balaban J connectivity index is 2.17. The zero-order chi connectivity index (χ0) is 11.4. The normalized spacial score (nSPS) is 10.4. The molecule has 0 bridgehead atoms. The van der Waals surface area contributed by atoms with Gasteiger partial charge in [0.25, 0.3) is 0 Å². The third-order valence-electron chi connectivity index (χ3n) is 1.88. The van der Waals surface area contributed by atoms with Crippen LogP contribution in [-0.4, -0.2) is 21.4 Å². The maximum atomic E-state index is 12.2. The highest BCUT2D eigenvalue weighted by Crippen LogP contribution is 2.22. The summed E-state index contributed by atoms with van der Waals surface area (Å²) in [4.78, 5) is 3.88. The lowest BCUT2D eigenvalue weighted by Crippen LogP contribution is -2.04. The first-order chi connectivity index (χ1) is 7.79. The number of ether oxygens (including phenoxy) is 1. The average Bonchev–Trinajstić information content (AvgIpc) is 2.66. The Bertz CT molecular complexity index is 475. The molecule has 1 aromatic heterocycles. The summed E-state index contributed by atoms with van der Waals surface area (Å²) < 4.78 is 18.9. The lowest BCUT2D eigenvalue weighted by molar-refractivity contribution is 0.363. The van der Waals surface area contributed by atoms with Crippen molar-refractivity contribution in [3.8, 4) is 11.8 Å². The summed E-state index contributed by atoms with van der Waals surface area (Å²) in [6, 6.07) is 7.13. The number of hydrogen-bond acceptors (Lipinski definition) is 3. The van der Waals surface area contributed by atoms with Gasteiger partial charge in [-0.05, 0) is 18.2 Å². The van der Waals surface area contributed by atoms with Crippen molar-refractivity contribution in [1.29, 1.82) is 0 Å². The number of hydrogen-bond donors (Lipinski definition) is 0. The molecule has 0 N–H and O–H groups in total. The molecule has 1 heterocycles. The Morgan fingerprint density at radius 2 is 2.31 bits per heavy atom. The summed E-state index contributed by atoms with van der Waals surface area (Å²) in [7, 11) is 0. The van der Waals surface area contributed by atoms with Crippen LogP contribution < -0.4 is 4.74 Å². The standard InChI is InChI=1S/C10H9ClFN3O/c11-8-2-1-3-9(6-8)16-10-13-7-14-15(10)5-4-12/h1-3,6-7H,4-5H2. The molecule has 1 aromatic carbocycles. The van der Waals surface area contributed by atoms with E-state index in [0.717, 1.165) is 0 Å². The predicted octanol–water partition coefficient (Wildman–Crippen LogP) is 2.69. The quantitative estimate of drug-likeness (QED) is 0.826. The van der Waals surface area contributed by atoms with Gasteiger partial charge >= 0.3 is 6.01 Å². The van der Waals surface area contributed by atoms with Gasteiger partial charge < -0.3 is 4.74 Å². The minimum absolute atomic E-state index is 0.121. The molecule has 2 aromatic rings. The van der Waals surface area contributed by atoms with Crippen LogP contribution in [0.5, 0.6) is 11.8 Å². The second-order valence-corrected chi connectivity index (χ2v) is 3.45. The molecule has 0 unspecified atom stereocenters. The van der Waals surface area contributed by atoms with Crippen molar-refractivity contribution >= 4 is 11.6 Å². The van der Waals surface area contributed by atoms with Crippen LogP contribution in [0.15, 0.2) is 30.6 Å². The number of benzene rings is 1. The van der Waals surface area contributed by atoms with Gasteiger partial charge in [0, 0.05) is 5.02 Å².